The van der Waals surface area contributed by atoms with E-state index in [2.05, 4.69) is 27.2 Å². The topological polar surface area (TPSA) is 127 Å². The Labute approximate surface area is 264 Å². The molecule has 2 atom stereocenters. The van der Waals surface area contributed by atoms with Gasteiger partial charge in [0.15, 0.2) is 11.6 Å². The zero-order chi connectivity index (χ0) is 31.3. The number of rotatable bonds is 11. The summed E-state index contributed by atoms with van der Waals surface area (Å²) < 4.78 is 33.1. The van der Waals surface area contributed by atoms with Crippen LogP contribution in [0.15, 0.2) is 67.0 Å². The summed E-state index contributed by atoms with van der Waals surface area (Å²) in [5, 5.41) is 15.5. The number of amides is 1. The van der Waals surface area contributed by atoms with E-state index in [4.69, 9.17) is 30.6 Å². The summed E-state index contributed by atoms with van der Waals surface area (Å²) in [6.45, 7) is 0.901. The summed E-state index contributed by atoms with van der Waals surface area (Å²) >= 11 is 6.76. The first-order valence-corrected chi connectivity index (χ1v) is 14.7. The van der Waals surface area contributed by atoms with Gasteiger partial charge >= 0.3 is 6.09 Å². The van der Waals surface area contributed by atoms with Gasteiger partial charge in [0.1, 0.15) is 36.4 Å². The van der Waals surface area contributed by atoms with E-state index < -0.39 is 18.1 Å². The van der Waals surface area contributed by atoms with Gasteiger partial charge in [-0.15, -0.1) is 5.48 Å². The van der Waals surface area contributed by atoms with Crippen LogP contribution in [0.1, 0.15) is 40.3 Å². The lowest BCUT2D eigenvalue weighted by Gasteiger charge is -2.20. The van der Waals surface area contributed by atoms with E-state index in [0.717, 1.165) is 27.8 Å². The third-order valence-corrected chi connectivity index (χ3v) is 7.94. The normalized spacial score (nSPS) is 16.8. The average Bonchev–Trinajstić information content (AvgIpc) is 3.67. The van der Waals surface area contributed by atoms with E-state index in [-0.39, 0.29) is 18.5 Å². The number of pyridine rings is 1. The number of hydrogen-bond donors (Lipinski definition) is 3. The molecule has 3 aromatic carbocycles. The van der Waals surface area contributed by atoms with Crippen molar-refractivity contribution in [1.82, 2.24) is 21.1 Å². The van der Waals surface area contributed by atoms with Crippen molar-refractivity contribution in [1.29, 1.82) is 5.26 Å². The molecule has 12 heteroatoms. The van der Waals surface area contributed by atoms with Gasteiger partial charge in [0.05, 0.1) is 17.7 Å². The molecule has 1 amide bonds. The molecule has 230 valence electrons. The fraction of sp³-hybridized carbons (Fsp3) is 0.242. The third kappa shape index (κ3) is 6.63. The van der Waals surface area contributed by atoms with E-state index in [1.807, 2.05) is 18.2 Å². The van der Waals surface area contributed by atoms with Crippen molar-refractivity contribution in [3.8, 4) is 34.4 Å². The predicted molar refractivity (Wildman–Crippen MR) is 163 cm³/mol. The van der Waals surface area contributed by atoms with Gasteiger partial charge in [-0.25, -0.2) is 9.18 Å². The quantitative estimate of drug-likeness (QED) is 0.191. The number of fused-ring (bicyclic) bond motifs is 1. The number of nitrogens with zero attached hydrogens (tertiary/aromatic N) is 2. The number of halogens is 2. The third-order valence-electron chi connectivity index (χ3n) is 7.64. The molecule has 10 nitrogen and oxygen atoms in total. The van der Waals surface area contributed by atoms with Gasteiger partial charge in [0.2, 0.25) is 0 Å². The van der Waals surface area contributed by atoms with Gasteiger partial charge in [-0.1, -0.05) is 41.9 Å². The molecule has 2 aliphatic rings. The van der Waals surface area contributed by atoms with Crippen LogP contribution in [0.25, 0.3) is 11.1 Å². The SMILES string of the molecule is COc1cccc(-c2cccc3c2CC[C@@H]3Oc2cc(OCc3cncc(C#N)c3)c(CNCC3NOC(=O)N3)cc2Cl)c1F. The second-order valence-electron chi connectivity index (χ2n) is 10.5. The molecule has 45 heavy (non-hydrogen) atoms. The van der Waals surface area contributed by atoms with Crippen LogP contribution in [0.3, 0.4) is 0 Å². The molecule has 0 radical (unpaired) electrons. The van der Waals surface area contributed by atoms with Crippen LogP contribution in [0.5, 0.6) is 17.2 Å². The average molecular weight is 630 g/mol. The van der Waals surface area contributed by atoms with Crippen LogP contribution >= 0.6 is 11.6 Å². The number of carbonyl (C=O) groups is 1. The minimum absolute atomic E-state index is 0.159. The number of benzene rings is 3. The fourth-order valence-corrected chi connectivity index (χ4v) is 5.75. The first-order valence-electron chi connectivity index (χ1n) is 14.3. The molecule has 1 unspecified atom stereocenters. The molecule has 3 N–H and O–H groups in total. The largest absolute Gasteiger partial charge is 0.494 e. The summed E-state index contributed by atoms with van der Waals surface area (Å²) in [7, 11) is 1.45. The van der Waals surface area contributed by atoms with Gasteiger partial charge in [-0.05, 0) is 47.7 Å². The van der Waals surface area contributed by atoms with Gasteiger partial charge in [0, 0.05) is 48.2 Å². The maximum atomic E-state index is 15.2. The highest BCUT2D eigenvalue weighted by Gasteiger charge is 2.29. The van der Waals surface area contributed by atoms with E-state index >= 15 is 4.39 Å². The van der Waals surface area contributed by atoms with Crippen LogP contribution in [-0.4, -0.2) is 30.9 Å². The van der Waals surface area contributed by atoms with Crippen molar-refractivity contribution in [3.05, 3.63) is 106 Å². The van der Waals surface area contributed by atoms with Gasteiger partial charge in [0.25, 0.3) is 0 Å². The number of methoxy groups -OCH3 is 1. The maximum absolute atomic E-state index is 15.2. The molecule has 4 aromatic rings. The summed E-state index contributed by atoms with van der Waals surface area (Å²) in [5.41, 5.74) is 7.77. The molecular weight excluding hydrogens is 601 g/mol. The Morgan fingerprint density at radius 1 is 1.13 bits per heavy atom. The van der Waals surface area contributed by atoms with Gasteiger partial charge in [-0.3, -0.25) is 4.98 Å². The molecule has 1 saturated heterocycles. The molecule has 1 aliphatic carbocycles. The number of aromatic nitrogens is 1. The lowest BCUT2D eigenvalue weighted by atomic mass is 9.96. The molecule has 1 fully saturated rings. The second kappa shape index (κ2) is 13.4. The Morgan fingerprint density at radius 2 is 1.98 bits per heavy atom. The molecule has 1 aliphatic heterocycles. The molecule has 1 aromatic heterocycles. The van der Waals surface area contributed by atoms with Crippen molar-refractivity contribution in [2.24, 2.45) is 0 Å². The highest BCUT2D eigenvalue weighted by atomic mass is 35.5. The van der Waals surface area contributed by atoms with Crippen LogP contribution in [0.2, 0.25) is 5.02 Å². The van der Waals surface area contributed by atoms with Crippen LogP contribution in [0, 0.1) is 17.1 Å². The Morgan fingerprint density at radius 3 is 2.78 bits per heavy atom. The van der Waals surface area contributed by atoms with Gasteiger partial charge in [-0.2, -0.15) is 5.26 Å². The first-order chi connectivity index (χ1) is 21.9. The van der Waals surface area contributed by atoms with Gasteiger partial charge < -0.3 is 29.7 Å². The summed E-state index contributed by atoms with van der Waals surface area (Å²) in [5.74, 6) is 0.751. The number of nitrogens with one attached hydrogen (secondary N) is 3. The molecular formula is C33H29ClFN5O5. The smallest absolute Gasteiger partial charge is 0.427 e. The van der Waals surface area contributed by atoms with Crippen LogP contribution in [0.4, 0.5) is 9.18 Å². The summed E-state index contributed by atoms with van der Waals surface area (Å²) in [4.78, 5) is 20.1. The van der Waals surface area contributed by atoms with E-state index in [1.54, 1.807) is 42.6 Å². The highest BCUT2D eigenvalue weighted by molar-refractivity contribution is 6.32. The lowest BCUT2D eigenvalue weighted by molar-refractivity contribution is 0.121. The Balaban J connectivity index is 1.25. The monoisotopic (exact) mass is 629 g/mol. The van der Waals surface area contributed by atoms with E-state index in [0.29, 0.717) is 53.6 Å². The van der Waals surface area contributed by atoms with Crippen molar-refractivity contribution >= 4 is 17.7 Å². The lowest BCUT2D eigenvalue weighted by Crippen LogP contribution is -2.41. The molecule has 0 spiro atoms. The Bertz CT molecular complexity index is 1780. The Kier molecular flexibility index (Phi) is 8.98. The number of ether oxygens (including phenoxy) is 3. The summed E-state index contributed by atoms with van der Waals surface area (Å²) in [6, 6.07) is 18.3. The standard InChI is InChI=1S/C33H29ClFN5O5/c1-42-28-7-3-6-25(32(28)35)22-4-2-5-24-23(22)8-9-27(24)44-30-12-29(43-18-20-10-19(13-36)14-37-15-20)21(11-26(30)34)16-38-17-31-39-33(41)45-40-31/h2-7,10-12,14-15,27,31,38,40H,8-9,16-18H2,1H3,(H,39,41)/t27-,31?/m0/s1. The van der Waals surface area contributed by atoms with Crippen molar-refractivity contribution in [2.45, 2.75) is 38.3 Å². The number of hydroxylamine groups is 1. The van der Waals surface area contributed by atoms with Crippen molar-refractivity contribution < 1.29 is 28.2 Å². The van der Waals surface area contributed by atoms with E-state index in [9.17, 15) is 10.1 Å². The summed E-state index contributed by atoms with van der Waals surface area (Å²) in [6.07, 6.45) is 3.27. The number of carbonyl (C=O) groups excluding carboxylic acids is 1. The predicted octanol–water partition coefficient (Wildman–Crippen LogP) is 5.73. The zero-order valence-corrected chi connectivity index (χ0v) is 25.0. The minimum Gasteiger partial charge on any atom is -0.494 e. The van der Waals surface area contributed by atoms with Crippen molar-refractivity contribution in [2.75, 3.05) is 13.7 Å². The minimum atomic E-state index is -0.544. The molecule has 2 heterocycles. The number of hydrogen-bond acceptors (Lipinski definition) is 9. The van der Waals surface area contributed by atoms with Crippen LogP contribution in [-0.2, 0) is 24.4 Å². The highest BCUT2D eigenvalue weighted by Crippen LogP contribution is 2.43. The second-order valence-corrected chi connectivity index (χ2v) is 11.0. The van der Waals surface area contributed by atoms with E-state index in [1.165, 1.54) is 13.3 Å². The molecule has 6 rings (SSSR count). The Hall–Kier alpha value is -4.89. The van der Waals surface area contributed by atoms with Crippen molar-refractivity contribution in [3.63, 3.8) is 0 Å². The van der Waals surface area contributed by atoms with Crippen LogP contribution < -0.4 is 30.3 Å². The maximum Gasteiger partial charge on any atom is 0.427 e. The molecule has 0 saturated carbocycles. The molecule has 0 bridgehead atoms. The zero-order valence-electron chi connectivity index (χ0n) is 24.2. The fourth-order valence-electron chi connectivity index (χ4n) is 5.52. The first kappa shape index (κ1) is 30.1. The number of nitriles is 1.